The van der Waals surface area contributed by atoms with E-state index in [1.807, 2.05) is 19.2 Å². The molecule has 0 spiro atoms. The Labute approximate surface area is 99.5 Å². The van der Waals surface area contributed by atoms with Crippen molar-refractivity contribution in [2.45, 2.75) is 19.8 Å². The van der Waals surface area contributed by atoms with Crippen LogP contribution in [0, 0.1) is 0 Å². The van der Waals surface area contributed by atoms with Crippen LogP contribution in [0.5, 0.6) is 5.75 Å². The monoisotopic (exact) mass is 236 g/mol. The molecule has 0 saturated heterocycles. The third kappa shape index (κ3) is 2.44. The van der Waals surface area contributed by atoms with Crippen molar-refractivity contribution in [1.82, 2.24) is 4.98 Å². The Morgan fingerprint density at radius 1 is 1.44 bits per heavy atom. The van der Waals surface area contributed by atoms with Crippen LogP contribution in [-0.4, -0.2) is 18.6 Å². The van der Waals surface area contributed by atoms with Crippen LogP contribution < -0.4 is 10.1 Å². The Morgan fingerprint density at radius 3 is 3.06 bits per heavy atom. The number of hydrogen-bond acceptors (Lipinski definition) is 4. The van der Waals surface area contributed by atoms with Crippen LogP contribution in [0.25, 0.3) is 10.2 Å². The molecule has 0 aliphatic heterocycles. The molecule has 2 rings (SSSR count). The number of nitrogens with zero attached hydrogens (tertiary/aromatic N) is 1. The molecule has 4 heteroatoms. The van der Waals surface area contributed by atoms with E-state index < -0.39 is 0 Å². The van der Waals surface area contributed by atoms with Crippen molar-refractivity contribution in [2.75, 3.05) is 19.0 Å². The number of unbranched alkanes of at least 4 members (excludes halogenated alkanes) is 1. The summed E-state index contributed by atoms with van der Waals surface area (Å²) >= 11 is 1.65. The lowest BCUT2D eigenvalue weighted by molar-refractivity contribution is 0.310. The molecule has 0 unspecified atom stereocenters. The van der Waals surface area contributed by atoms with Crippen molar-refractivity contribution in [3.8, 4) is 5.75 Å². The summed E-state index contributed by atoms with van der Waals surface area (Å²) in [5.41, 5.74) is 1.03. The Bertz CT molecular complexity index is 467. The van der Waals surface area contributed by atoms with Crippen molar-refractivity contribution in [1.29, 1.82) is 0 Å². The highest BCUT2D eigenvalue weighted by molar-refractivity contribution is 7.22. The standard InChI is InChI=1S/C12H16N2OS/c1-3-4-7-15-9-5-6-10-11(8-9)16-12(13-2)14-10/h5-6,8H,3-4,7H2,1-2H3,(H,13,14). The molecule has 16 heavy (non-hydrogen) atoms. The molecule has 1 aromatic heterocycles. The molecule has 1 heterocycles. The zero-order valence-corrected chi connectivity index (χ0v) is 10.4. The average Bonchev–Trinajstić information content (AvgIpc) is 2.71. The molecule has 0 amide bonds. The van der Waals surface area contributed by atoms with Gasteiger partial charge in [0, 0.05) is 7.05 Å². The van der Waals surface area contributed by atoms with E-state index in [2.05, 4.69) is 23.3 Å². The highest BCUT2D eigenvalue weighted by Crippen LogP contribution is 2.28. The minimum Gasteiger partial charge on any atom is -0.494 e. The molecular formula is C12H16N2OS. The summed E-state index contributed by atoms with van der Waals surface area (Å²) in [4.78, 5) is 4.42. The first kappa shape index (κ1) is 11.2. The van der Waals surface area contributed by atoms with Crippen LogP contribution in [0.1, 0.15) is 19.8 Å². The number of hydrogen-bond donors (Lipinski definition) is 1. The molecule has 1 aromatic carbocycles. The first-order chi connectivity index (χ1) is 7.83. The van der Waals surface area contributed by atoms with Crippen molar-refractivity contribution in [3.63, 3.8) is 0 Å². The quantitative estimate of drug-likeness (QED) is 0.807. The molecule has 86 valence electrons. The van der Waals surface area contributed by atoms with Crippen LogP contribution in [0.15, 0.2) is 18.2 Å². The molecule has 0 aliphatic rings. The summed E-state index contributed by atoms with van der Waals surface area (Å²) in [6.07, 6.45) is 2.26. The van der Waals surface area contributed by atoms with E-state index in [0.717, 1.165) is 35.8 Å². The maximum atomic E-state index is 5.66. The second-order valence-electron chi connectivity index (χ2n) is 3.60. The second-order valence-corrected chi connectivity index (χ2v) is 4.63. The van der Waals surface area contributed by atoms with E-state index in [9.17, 15) is 0 Å². The lowest BCUT2D eigenvalue weighted by Crippen LogP contribution is -1.95. The normalized spacial score (nSPS) is 10.6. The molecule has 2 aromatic rings. The average molecular weight is 236 g/mol. The number of ether oxygens (including phenoxy) is 1. The van der Waals surface area contributed by atoms with Gasteiger partial charge in [0.2, 0.25) is 0 Å². The van der Waals surface area contributed by atoms with Gasteiger partial charge in [0.05, 0.1) is 16.8 Å². The van der Waals surface area contributed by atoms with Crippen molar-refractivity contribution in [2.24, 2.45) is 0 Å². The van der Waals surface area contributed by atoms with Crippen LogP contribution in [-0.2, 0) is 0 Å². The lowest BCUT2D eigenvalue weighted by Gasteiger charge is -2.04. The summed E-state index contributed by atoms with van der Waals surface area (Å²) in [6, 6.07) is 6.05. The van der Waals surface area contributed by atoms with Gasteiger partial charge < -0.3 is 10.1 Å². The van der Waals surface area contributed by atoms with Gasteiger partial charge in [0.25, 0.3) is 0 Å². The van der Waals surface area contributed by atoms with Gasteiger partial charge >= 0.3 is 0 Å². The summed E-state index contributed by atoms with van der Waals surface area (Å²) < 4.78 is 6.82. The fourth-order valence-electron chi connectivity index (χ4n) is 1.44. The highest BCUT2D eigenvalue weighted by Gasteiger charge is 2.03. The van der Waals surface area contributed by atoms with Gasteiger partial charge in [-0.25, -0.2) is 4.98 Å². The van der Waals surface area contributed by atoms with Crippen LogP contribution in [0.4, 0.5) is 5.13 Å². The third-order valence-corrected chi connectivity index (χ3v) is 3.38. The number of aromatic nitrogens is 1. The Morgan fingerprint density at radius 2 is 2.31 bits per heavy atom. The maximum absolute atomic E-state index is 5.66. The van der Waals surface area contributed by atoms with Gasteiger partial charge in [-0.3, -0.25) is 0 Å². The Kier molecular flexibility index (Phi) is 3.62. The Hall–Kier alpha value is -1.29. The summed E-state index contributed by atoms with van der Waals surface area (Å²) in [6.45, 7) is 2.95. The van der Waals surface area contributed by atoms with Gasteiger partial charge in [-0.05, 0) is 24.6 Å². The SMILES string of the molecule is CCCCOc1ccc2nc(NC)sc2c1. The van der Waals surface area contributed by atoms with E-state index in [1.54, 1.807) is 11.3 Å². The van der Waals surface area contributed by atoms with Gasteiger partial charge in [0.1, 0.15) is 5.75 Å². The van der Waals surface area contributed by atoms with Crippen LogP contribution >= 0.6 is 11.3 Å². The number of benzene rings is 1. The van der Waals surface area contributed by atoms with Crippen molar-refractivity contribution in [3.05, 3.63) is 18.2 Å². The molecule has 0 atom stereocenters. The zero-order valence-electron chi connectivity index (χ0n) is 9.62. The van der Waals surface area contributed by atoms with Gasteiger partial charge in [-0.2, -0.15) is 0 Å². The fourth-order valence-corrected chi connectivity index (χ4v) is 2.28. The number of nitrogens with one attached hydrogen (secondary N) is 1. The minimum atomic E-state index is 0.791. The van der Waals surface area contributed by atoms with Crippen molar-refractivity contribution < 1.29 is 4.74 Å². The molecular weight excluding hydrogens is 220 g/mol. The molecule has 0 aliphatic carbocycles. The number of rotatable bonds is 5. The van der Waals surface area contributed by atoms with Gasteiger partial charge in [-0.1, -0.05) is 24.7 Å². The molecule has 3 nitrogen and oxygen atoms in total. The largest absolute Gasteiger partial charge is 0.494 e. The van der Waals surface area contributed by atoms with E-state index >= 15 is 0 Å². The predicted octanol–water partition coefficient (Wildman–Crippen LogP) is 3.52. The summed E-state index contributed by atoms with van der Waals surface area (Å²) in [5, 5.41) is 4.00. The van der Waals surface area contributed by atoms with Gasteiger partial charge in [0.15, 0.2) is 5.13 Å². The molecule has 0 radical (unpaired) electrons. The van der Waals surface area contributed by atoms with E-state index in [4.69, 9.17) is 4.74 Å². The highest BCUT2D eigenvalue weighted by atomic mass is 32.1. The molecule has 0 bridgehead atoms. The number of fused-ring (bicyclic) bond motifs is 1. The smallest absolute Gasteiger partial charge is 0.183 e. The van der Waals surface area contributed by atoms with Crippen molar-refractivity contribution >= 4 is 26.7 Å². The minimum absolute atomic E-state index is 0.791. The van der Waals surface area contributed by atoms with Crippen LogP contribution in [0.2, 0.25) is 0 Å². The first-order valence-corrected chi connectivity index (χ1v) is 6.36. The van der Waals surface area contributed by atoms with Gasteiger partial charge in [-0.15, -0.1) is 0 Å². The van der Waals surface area contributed by atoms with E-state index in [-0.39, 0.29) is 0 Å². The predicted molar refractivity (Wildman–Crippen MR) is 69.6 cm³/mol. The number of anilines is 1. The van der Waals surface area contributed by atoms with E-state index in [1.165, 1.54) is 4.70 Å². The topological polar surface area (TPSA) is 34.1 Å². The lowest BCUT2D eigenvalue weighted by atomic mass is 10.3. The summed E-state index contributed by atoms with van der Waals surface area (Å²) in [7, 11) is 1.89. The van der Waals surface area contributed by atoms with Crippen LogP contribution in [0.3, 0.4) is 0 Å². The number of thiazole rings is 1. The molecule has 0 fully saturated rings. The molecule has 0 saturated carbocycles. The van der Waals surface area contributed by atoms with E-state index in [0.29, 0.717) is 0 Å². The third-order valence-electron chi connectivity index (χ3n) is 2.34. The zero-order chi connectivity index (χ0) is 11.4. The Balaban J connectivity index is 2.15. The summed E-state index contributed by atoms with van der Waals surface area (Å²) in [5.74, 6) is 0.937. The first-order valence-electron chi connectivity index (χ1n) is 5.54. The fraction of sp³-hybridized carbons (Fsp3) is 0.417. The molecule has 1 N–H and O–H groups in total. The maximum Gasteiger partial charge on any atom is 0.183 e. The second kappa shape index (κ2) is 5.16.